The zero-order valence-electron chi connectivity index (χ0n) is 10.8. The van der Waals surface area contributed by atoms with Crippen molar-refractivity contribution in [1.29, 1.82) is 0 Å². The molecule has 0 aliphatic carbocycles. The predicted molar refractivity (Wildman–Crippen MR) is 76.5 cm³/mol. The van der Waals surface area contributed by atoms with Crippen molar-refractivity contribution in [2.45, 2.75) is 20.4 Å². The summed E-state index contributed by atoms with van der Waals surface area (Å²) in [5.74, 6) is -0.290. The Morgan fingerprint density at radius 3 is 2.95 bits per heavy atom. The molecule has 6 heteroatoms. The van der Waals surface area contributed by atoms with Crippen molar-refractivity contribution >= 4 is 28.9 Å². The summed E-state index contributed by atoms with van der Waals surface area (Å²) < 4.78 is 1.56. The fourth-order valence-electron chi connectivity index (χ4n) is 1.80. The van der Waals surface area contributed by atoms with Crippen LogP contribution in [0.2, 0.25) is 5.02 Å². The molecule has 0 radical (unpaired) electrons. The van der Waals surface area contributed by atoms with Crippen LogP contribution in [0, 0.1) is 6.92 Å². The third-order valence-corrected chi connectivity index (χ3v) is 3.07. The number of nitrogens with two attached hydrogens (primary N) is 1. The van der Waals surface area contributed by atoms with Crippen molar-refractivity contribution in [2.24, 2.45) is 0 Å². The van der Waals surface area contributed by atoms with Gasteiger partial charge in [0.1, 0.15) is 5.69 Å². The highest BCUT2D eigenvalue weighted by Gasteiger charge is 2.16. The Balaban J connectivity index is 2.30. The molecule has 1 amide bonds. The number of rotatable bonds is 3. The van der Waals surface area contributed by atoms with Crippen molar-refractivity contribution in [2.75, 3.05) is 11.1 Å². The number of carbonyl (C=O) groups is 1. The Morgan fingerprint density at radius 2 is 2.26 bits per heavy atom. The number of anilines is 2. The number of nitrogens with zero attached hydrogens (tertiary/aromatic N) is 2. The quantitative estimate of drug-likeness (QED) is 0.907. The van der Waals surface area contributed by atoms with Gasteiger partial charge in [-0.3, -0.25) is 9.48 Å². The largest absolute Gasteiger partial charge is 0.396 e. The molecule has 0 bridgehead atoms. The lowest BCUT2D eigenvalue weighted by Crippen LogP contribution is -2.19. The lowest BCUT2D eigenvalue weighted by atomic mass is 10.2. The van der Waals surface area contributed by atoms with Crippen molar-refractivity contribution < 1.29 is 4.79 Å². The first kappa shape index (κ1) is 13.4. The van der Waals surface area contributed by atoms with Crippen LogP contribution in [0.1, 0.15) is 23.0 Å². The topological polar surface area (TPSA) is 72.9 Å². The normalized spacial score (nSPS) is 10.5. The minimum absolute atomic E-state index is 0.290. The van der Waals surface area contributed by atoms with Gasteiger partial charge in [-0.25, -0.2) is 0 Å². The van der Waals surface area contributed by atoms with Crippen LogP contribution in [0.25, 0.3) is 0 Å². The molecule has 0 aliphatic heterocycles. The summed E-state index contributed by atoms with van der Waals surface area (Å²) in [6.07, 6.45) is 1.48. The van der Waals surface area contributed by atoms with E-state index < -0.39 is 0 Å². The van der Waals surface area contributed by atoms with Gasteiger partial charge in [-0.2, -0.15) is 5.10 Å². The maximum atomic E-state index is 12.2. The maximum Gasteiger partial charge on any atom is 0.276 e. The van der Waals surface area contributed by atoms with E-state index in [1.165, 1.54) is 6.20 Å². The molecule has 100 valence electrons. The van der Waals surface area contributed by atoms with E-state index in [4.69, 9.17) is 17.3 Å². The van der Waals surface area contributed by atoms with Gasteiger partial charge in [-0.05, 0) is 31.5 Å². The number of benzene rings is 1. The molecule has 1 aromatic heterocycles. The summed E-state index contributed by atoms with van der Waals surface area (Å²) in [7, 11) is 0. The van der Waals surface area contributed by atoms with Crippen LogP contribution in [-0.2, 0) is 6.54 Å². The number of carbonyl (C=O) groups excluding carboxylic acids is 1. The van der Waals surface area contributed by atoms with Crippen LogP contribution in [-0.4, -0.2) is 15.7 Å². The average molecular weight is 279 g/mol. The van der Waals surface area contributed by atoms with Gasteiger partial charge >= 0.3 is 0 Å². The Hall–Kier alpha value is -2.01. The first-order chi connectivity index (χ1) is 9.02. The Kier molecular flexibility index (Phi) is 3.76. The molecule has 0 saturated heterocycles. The number of aromatic nitrogens is 2. The molecule has 1 heterocycles. The van der Waals surface area contributed by atoms with E-state index in [0.29, 0.717) is 28.6 Å². The zero-order chi connectivity index (χ0) is 14.0. The first-order valence-corrected chi connectivity index (χ1v) is 6.29. The second kappa shape index (κ2) is 5.32. The Bertz CT molecular complexity index is 621. The zero-order valence-corrected chi connectivity index (χ0v) is 11.5. The maximum absolute atomic E-state index is 12.2. The molecule has 19 heavy (non-hydrogen) atoms. The van der Waals surface area contributed by atoms with Gasteiger partial charge in [0.05, 0.1) is 11.9 Å². The highest BCUT2D eigenvalue weighted by atomic mass is 35.5. The molecule has 0 fully saturated rings. The van der Waals surface area contributed by atoms with Crippen molar-refractivity contribution in [1.82, 2.24) is 9.78 Å². The summed E-state index contributed by atoms with van der Waals surface area (Å²) in [6, 6.07) is 5.33. The minimum Gasteiger partial charge on any atom is -0.396 e. The second-order valence-electron chi connectivity index (χ2n) is 4.18. The molecular formula is C13H15ClN4O. The molecule has 3 N–H and O–H groups in total. The number of halogens is 1. The number of hydrogen-bond acceptors (Lipinski definition) is 3. The third-order valence-electron chi connectivity index (χ3n) is 2.83. The summed E-state index contributed by atoms with van der Waals surface area (Å²) in [5, 5.41) is 7.41. The number of nitrogens with one attached hydrogen (secondary N) is 1. The summed E-state index contributed by atoms with van der Waals surface area (Å²) in [5.41, 5.74) is 8.09. The molecule has 0 aliphatic rings. The van der Waals surface area contributed by atoms with Crippen LogP contribution >= 0.6 is 11.6 Å². The van der Waals surface area contributed by atoms with E-state index in [0.717, 1.165) is 5.56 Å². The lowest BCUT2D eigenvalue weighted by Gasteiger charge is -2.10. The molecule has 0 spiro atoms. The van der Waals surface area contributed by atoms with E-state index in [9.17, 15) is 4.79 Å². The summed E-state index contributed by atoms with van der Waals surface area (Å²) in [4.78, 5) is 12.2. The average Bonchev–Trinajstić information content (AvgIpc) is 2.75. The van der Waals surface area contributed by atoms with E-state index in [-0.39, 0.29) is 5.91 Å². The van der Waals surface area contributed by atoms with Crippen molar-refractivity contribution in [3.63, 3.8) is 0 Å². The minimum atomic E-state index is -0.290. The number of amides is 1. The van der Waals surface area contributed by atoms with E-state index in [2.05, 4.69) is 10.4 Å². The van der Waals surface area contributed by atoms with Crippen LogP contribution in [0.4, 0.5) is 11.4 Å². The van der Waals surface area contributed by atoms with Gasteiger partial charge in [0.2, 0.25) is 0 Å². The van der Waals surface area contributed by atoms with Crippen LogP contribution in [0.3, 0.4) is 0 Å². The third kappa shape index (κ3) is 2.71. The van der Waals surface area contributed by atoms with Crippen LogP contribution in [0.15, 0.2) is 24.4 Å². The molecule has 1 aromatic carbocycles. The summed E-state index contributed by atoms with van der Waals surface area (Å²) in [6.45, 7) is 4.37. The number of nitrogen functional groups attached to an aromatic ring is 1. The molecule has 5 nitrogen and oxygen atoms in total. The fourth-order valence-corrected chi connectivity index (χ4v) is 1.97. The number of aryl methyl sites for hydroxylation is 2. The van der Waals surface area contributed by atoms with E-state index in [1.54, 1.807) is 16.8 Å². The van der Waals surface area contributed by atoms with Gasteiger partial charge in [0.15, 0.2) is 0 Å². The first-order valence-electron chi connectivity index (χ1n) is 5.91. The second-order valence-corrected chi connectivity index (χ2v) is 4.61. The lowest BCUT2D eigenvalue weighted by molar-refractivity contribution is 0.101. The van der Waals surface area contributed by atoms with E-state index >= 15 is 0 Å². The van der Waals surface area contributed by atoms with Crippen molar-refractivity contribution in [3.05, 3.63) is 40.7 Å². The van der Waals surface area contributed by atoms with Crippen LogP contribution in [0.5, 0.6) is 0 Å². The molecule has 0 saturated carbocycles. The molecule has 2 rings (SSSR count). The molecule has 2 aromatic rings. The predicted octanol–water partition coefficient (Wildman–Crippen LogP) is 2.70. The fraction of sp³-hybridized carbons (Fsp3) is 0.231. The van der Waals surface area contributed by atoms with E-state index in [1.807, 2.05) is 19.9 Å². The molecule has 0 atom stereocenters. The smallest absolute Gasteiger partial charge is 0.276 e. The van der Waals surface area contributed by atoms with Gasteiger partial charge < -0.3 is 11.1 Å². The van der Waals surface area contributed by atoms with Crippen LogP contribution < -0.4 is 11.1 Å². The summed E-state index contributed by atoms with van der Waals surface area (Å²) >= 11 is 5.92. The van der Waals surface area contributed by atoms with Gasteiger partial charge in [-0.15, -0.1) is 0 Å². The van der Waals surface area contributed by atoms with Gasteiger partial charge in [0.25, 0.3) is 5.91 Å². The molecule has 0 unspecified atom stereocenters. The molecular weight excluding hydrogens is 264 g/mol. The highest BCUT2D eigenvalue weighted by molar-refractivity contribution is 6.31. The monoisotopic (exact) mass is 278 g/mol. The highest BCUT2D eigenvalue weighted by Crippen LogP contribution is 2.21. The standard InChI is InChI=1S/C13H15ClN4O/c1-3-18-12(10(15)7-16-18)13(19)17-11-6-9(14)5-4-8(11)2/h4-7H,3,15H2,1-2H3,(H,17,19). The Morgan fingerprint density at radius 1 is 1.53 bits per heavy atom. The van der Waals surface area contributed by atoms with Gasteiger partial charge in [0, 0.05) is 17.3 Å². The SMILES string of the molecule is CCn1ncc(N)c1C(=O)Nc1cc(Cl)ccc1C. The number of hydrogen-bond donors (Lipinski definition) is 2. The van der Waals surface area contributed by atoms with Gasteiger partial charge in [-0.1, -0.05) is 17.7 Å². The van der Waals surface area contributed by atoms with Crippen molar-refractivity contribution in [3.8, 4) is 0 Å². The Labute approximate surface area is 116 Å².